The summed E-state index contributed by atoms with van der Waals surface area (Å²) in [6, 6.07) is 16.7. The molecule has 0 unspecified atom stereocenters. The van der Waals surface area contributed by atoms with Crippen LogP contribution in [0.15, 0.2) is 60.8 Å². The molecule has 0 fully saturated rings. The maximum Gasteiger partial charge on any atom is 0.340 e. The second-order valence-corrected chi connectivity index (χ2v) is 9.06. The number of esters is 2. The van der Waals surface area contributed by atoms with E-state index >= 15 is 0 Å². The molecule has 7 nitrogen and oxygen atoms in total. The van der Waals surface area contributed by atoms with E-state index < -0.39 is 17.5 Å². The van der Waals surface area contributed by atoms with E-state index in [-0.39, 0.29) is 24.6 Å². The molecular formula is C28H31NO6. The largest absolute Gasteiger partial charge is 0.462 e. The van der Waals surface area contributed by atoms with Crippen LogP contribution in [0, 0.1) is 0 Å². The minimum absolute atomic E-state index is 0.0906. The summed E-state index contributed by atoms with van der Waals surface area (Å²) in [5.41, 5.74) is 2.59. The summed E-state index contributed by atoms with van der Waals surface area (Å²) in [5.74, 6) is -1.000. The molecule has 0 radical (unpaired) electrons. The molecule has 2 aromatic carbocycles. The van der Waals surface area contributed by atoms with Gasteiger partial charge in [-0.3, -0.25) is 4.79 Å². The first-order valence-electron chi connectivity index (χ1n) is 11.5. The van der Waals surface area contributed by atoms with Crippen LogP contribution in [-0.2, 0) is 34.0 Å². The van der Waals surface area contributed by atoms with Gasteiger partial charge in [-0.15, -0.1) is 0 Å². The van der Waals surface area contributed by atoms with Gasteiger partial charge >= 0.3 is 11.9 Å². The standard InChI is InChI=1S/C28H31NO6/c1-5-34-27(32)25-23(15-21-12-9-13-22(14-21)26(31)35-28(2,3)4)16-29(24(25)17-30)19-33-18-20-10-7-6-8-11-20/h6-14,16-17H,5,15,18-19H2,1-4H3. The minimum Gasteiger partial charge on any atom is -0.462 e. The van der Waals surface area contributed by atoms with Gasteiger partial charge in [-0.2, -0.15) is 0 Å². The van der Waals surface area contributed by atoms with Crippen molar-refractivity contribution < 1.29 is 28.6 Å². The van der Waals surface area contributed by atoms with Crippen LogP contribution >= 0.6 is 0 Å². The Morgan fingerprint density at radius 2 is 1.69 bits per heavy atom. The van der Waals surface area contributed by atoms with E-state index in [0.29, 0.717) is 30.4 Å². The van der Waals surface area contributed by atoms with Crippen LogP contribution < -0.4 is 0 Å². The van der Waals surface area contributed by atoms with Crippen LogP contribution in [0.25, 0.3) is 0 Å². The average molecular weight is 478 g/mol. The summed E-state index contributed by atoms with van der Waals surface area (Å²) in [5, 5.41) is 0. The fraction of sp³-hybridized carbons (Fsp3) is 0.321. The number of benzene rings is 2. The highest BCUT2D eigenvalue weighted by Crippen LogP contribution is 2.23. The van der Waals surface area contributed by atoms with E-state index in [2.05, 4.69) is 0 Å². The molecule has 0 spiro atoms. The van der Waals surface area contributed by atoms with Crippen molar-refractivity contribution in [3.05, 3.63) is 94.3 Å². The predicted molar refractivity (Wildman–Crippen MR) is 131 cm³/mol. The van der Waals surface area contributed by atoms with Gasteiger partial charge in [0.2, 0.25) is 0 Å². The predicted octanol–water partition coefficient (Wildman–Crippen LogP) is 5.20. The van der Waals surface area contributed by atoms with Gasteiger partial charge in [0.1, 0.15) is 12.3 Å². The lowest BCUT2D eigenvalue weighted by Gasteiger charge is -2.19. The topological polar surface area (TPSA) is 83.8 Å². The highest BCUT2D eigenvalue weighted by atomic mass is 16.6. The maximum absolute atomic E-state index is 12.8. The van der Waals surface area contributed by atoms with Crippen molar-refractivity contribution in [3.63, 3.8) is 0 Å². The number of carbonyl (C=O) groups is 3. The summed E-state index contributed by atoms with van der Waals surface area (Å²) in [4.78, 5) is 37.3. The van der Waals surface area contributed by atoms with E-state index in [1.54, 1.807) is 35.9 Å². The normalized spacial score (nSPS) is 11.2. The van der Waals surface area contributed by atoms with Crippen LogP contribution in [0.1, 0.15) is 75.6 Å². The van der Waals surface area contributed by atoms with Crippen molar-refractivity contribution in [1.29, 1.82) is 0 Å². The smallest absolute Gasteiger partial charge is 0.340 e. The van der Waals surface area contributed by atoms with Crippen LogP contribution in [0.5, 0.6) is 0 Å². The SMILES string of the molecule is CCOC(=O)c1c(Cc2cccc(C(=O)OC(C)(C)C)c2)cn(COCc2ccccc2)c1C=O. The van der Waals surface area contributed by atoms with E-state index in [0.717, 1.165) is 11.1 Å². The first-order valence-corrected chi connectivity index (χ1v) is 11.5. The minimum atomic E-state index is -0.611. The zero-order chi connectivity index (χ0) is 25.4. The Kier molecular flexibility index (Phi) is 8.60. The van der Waals surface area contributed by atoms with Gasteiger partial charge in [0.15, 0.2) is 6.29 Å². The van der Waals surface area contributed by atoms with E-state index in [9.17, 15) is 14.4 Å². The molecule has 1 heterocycles. The van der Waals surface area contributed by atoms with Crippen LogP contribution in [-0.4, -0.2) is 35.0 Å². The highest BCUT2D eigenvalue weighted by molar-refractivity contribution is 5.99. The Morgan fingerprint density at radius 3 is 2.34 bits per heavy atom. The average Bonchev–Trinajstić information content (AvgIpc) is 3.16. The molecule has 0 bridgehead atoms. The van der Waals surface area contributed by atoms with Crippen molar-refractivity contribution in [2.24, 2.45) is 0 Å². The second-order valence-electron chi connectivity index (χ2n) is 9.06. The summed E-state index contributed by atoms with van der Waals surface area (Å²) in [6.45, 7) is 7.77. The number of hydrogen-bond donors (Lipinski definition) is 0. The van der Waals surface area contributed by atoms with Gasteiger partial charge < -0.3 is 18.8 Å². The molecular weight excluding hydrogens is 446 g/mol. The van der Waals surface area contributed by atoms with E-state index in [4.69, 9.17) is 14.2 Å². The Bertz CT molecular complexity index is 1170. The molecule has 3 rings (SSSR count). The number of hydrogen-bond acceptors (Lipinski definition) is 6. The molecule has 0 saturated heterocycles. The molecule has 0 aliphatic rings. The lowest BCUT2D eigenvalue weighted by atomic mass is 10.0. The third-order valence-electron chi connectivity index (χ3n) is 5.09. The van der Waals surface area contributed by atoms with Crippen molar-refractivity contribution in [2.45, 2.75) is 53.1 Å². The lowest BCUT2D eigenvalue weighted by Crippen LogP contribution is -2.23. The molecule has 0 aliphatic carbocycles. The number of aromatic nitrogens is 1. The number of rotatable bonds is 10. The van der Waals surface area contributed by atoms with E-state index in [1.165, 1.54) is 0 Å². The lowest BCUT2D eigenvalue weighted by molar-refractivity contribution is 0.00690. The van der Waals surface area contributed by atoms with Crippen LogP contribution in [0.4, 0.5) is 0 Å². The summed E-state index contributed by atoms with van der Waals surface area (Å²) in [7, 11) is 0. The van der Waals surface area contributed by atoms with Crippen LogP contribution in [0.2, 0.25) is 0 Å². The monoisotopic (exact) mass is 477 g/mol. The number of nitrogens with zero attached hydrogens (tertiary/aromatic N) is 1. The molecule has 184 valence electrons. The fourth-order valence-corrected chi connectivity index (χ4v) is 3.64. The summed E-state index contributed by atoms with van der Waals surface area (Å²) < 4.78 is 18.1. The van der Waals surface area contributed by atoms with Gasteiger partial charge in [0, 0.05) is 6.20 Å². The number of carbonyl (C=O) groups excluding carboxylic acids is 3. The third kappa shape index (κ3) is 7.13. The molecule has 0 atom stereocenters. The third-order valence-corrected chi connectivity index (χ3v) is 5.09. The molecule has 3 aromatic rings. The Hall–Kier alpha value is -3.71. The molecule has 35 heavy (non-hydrogen) atoms. The molecule has 1 aromatic heterocycles. The van der Waals surface area contributed by atoms with Crippen molar-refractivity contribution in [1.82, 2.24) is 4.57 Å². The number of ether oxygens (including phenoxy) is 3. The second kappa shape index (κ2) is 11.6. The van der Waals surface area contributed by atoms with Crippen LogP contribution in [0.3, 0.4) is 0 Å². The van der Waals surface area contributed by atoms with Gasteiger partial charge in [0.25, 0.3) is 0 Å². The molecule has 0 aliphatic heterocycles. The summed E-state index contributed by atoms with van der Waals surface area (Å²) in [6.07, 6.45) is 2.68. The Labute approximate surface area is 205 Å². The molecule has 7 heteroatoms. The van der Waals surface area contributed by atoms with Crippen molar-refractivity contribution in [3.8, 4) is 0 Å². The maximum atomic E-state index is 12.8. The van der Waals surface area contributed by atoms with Gasteiger partial charge in [-0.1, -0.05) is 42.5 Å². The molecule has 0 saturated carbocycles. The molecule has 0 N–H and O–H groups in total. The zero-order valence-electron chi connectivity index (χ0n) is 20.6. The highest BCUT2D eigenvalue weighted by Gasteiger charge is 2.24. The first-order chi connectivity index (χ1) is 16.7. The van der Waals surface area contributed by atoms with Crippen molar-refractivity contribution >= 4 is 18.2 Å². The van der Waals surface area contributed by atoms with Gasteiger partial charge in [-0.25, -0.2) is 9.59 Å². The Balaban J connectivity index is 1.87. The van der Waals surface area contributed by atoms with Gasteiger partial charge in [0.05, 0.1) is 30.0 Å². The first kappa shape index (κ1) is 25.9. The van der Waals surface area contributed by atoms with E-state index in [1.807, 2.05) is 57.2 Å². The fourth-order valence-electron chi connectivity index (χ4n) is 3.64. The Morgan fingerprint density at radius 1 is 0.971 bits per heavy atom. The number of aldehydes is 1. The van der Waals surface area contributed by atoms with Crippen molar-refractivity contribution in [2.75, 3.05) is 6.61 Å². The quantitative estimate of drug-likeness (QED) is 0.295. The molecule has 0 amide bonds. The summed E-state index contributed by atoms with van der Waals surface area (Å²) >= 11 is 0. The van der Waals surface area contributed by atoms with Gasteiger partial charge in [-0.05, 0) is 62.9 Å². The zero-order valence-corrected chi connectivity index (χ0v) is 20.6.